The lowest BCUT2D eigenvalue weighted by Crippen LogP contribution is -2.46. The number of carbonyl (C=O) groups excluding carboxylic acids is 3. The van der Waals surface area contributed by atoms with Crippen LogP contribution in [0.25, 0.3) is 0 Å². The van der Waals surface area contributed by atoms with Crippen molar-refractivity contribution in [2.45, 2.75) is 32.2 Å². The number of anilines is 1. The van der Waals surface area contributed by atoms with Gasteiger partial charge in [0.15, 0.2) is 5.84 Å². The van der Waals surface area contributed by atoms with Crippen LogP contribution in [-0.2, 0) is 14.3 Å². The van der Waals surface area contributed by atoms with Crippen molar-refractivity contribution in [2.75, 3.05) is 24.6 Å². The molecule has 0 aromatic heterocycles. The number of nitrogens with one attached hydrogen (secondary N) is 2. The molecule has 152 valence electrons. The number of nitrogens with zero attached hydrogens (tertiary/aromatic N) is 2. The Kier molecular flexibility index (Phi) is 7.61. The SMILES string of the molecule is CCCOC(=O)CCNC(=O)N[C@H]1CCN(c2ccc(C(N)=NO)cc2)C1=O. The summed E-state index contributed by atoms with van der Waals surface area (Å²) in [6, 6.07) is 5.51. The Morgan fingerprint density at radius 3 is 2.71 bits per heavy atom. The van der Waals surface area contributed by atoms with E-state index in [1.165, 1.54) is 0 Å². The Labute approximate surface area is 162 Å². The van der Waals surface area contributed by atoms with Crippen molar-refractivity contribution < 1.29 is 24.3 Å². The molecule has 0 spiro atoms. The summed E-state index contributed by atoms with van der Waals surface area (Å²) < 4.78 is 4.92. The van der Waals surface area contributed by atoms with Crippen molar-refractivity contribution >= 4 is 29.4 Å². The van der Waals surface area contributed by atoms with Gasteiger partial charge in [0.2, 0.25) is 5.91 Å². The number of amides is 3. The number of nitrogens with two attached hydrogens (primary N) is 1. The van der Waals surface area contributed by atoms with Crippen molar-refractivity contribution in [2.24, 2.45) is 10.9 Å². The molecule has 2 rings (SSSR count). The van der Waals surface area contributed by atoms with E-state index in [9.17, 15) is 14.4 Å². The summed E-state index contributed by atoms with van der Waals surface area (Å²) in [5.74, 6) is -0.622. The van der Waals surface area contributed by atoms with Gasteiger partial charge in [-0.05, 0) is 37.1 Å². The second-order valence-corrected chi connectivity index (χ2v) is 6.23. The average molecular weight is 391 g/mol. The predicted molar refractivity (Wildman–Crippen MR) is 102 cm³/mol. The third kappa shape index (κ3) is 5.60. The molecule has 1 aromatic carbocycles. The highest BCUT2D eigenvalue weighted by atomic mass is 16.5. The Hall–Kier alpha value is -3.30. The number of esters is 1. The standard InChI is InChI=1S/C18H25N5O5/c1-2-11-28-15(24)7-9-20-18(26)21-14-8-10-23(17(14)25)13-5-3-12(4-6-13)16(19)22-27/h3-6,14,27H,2,7-11H2,1H3,(H2,19,22)(H2,20,21,26)/t14-/m0/s1. The lowest BCUT2D eigenvalue weighted by atomic mass is 10.2. The van der Waals surface area contributed by atoms with Gasteiger partial charge < -0.3 is 31.2 Å². The maximum atomic E-state index is 12.5. The minimum atomic E-state index is -0.643. The Morgan fingerprint density at radius 2 is 2.07 bits per heavy atom. The summed E-state index contributed by atoms with van der Waals surface area (Å²) in [7, 11) is 0. The van der Waals surface area contributed by atoms with Gasteiger partial charge in [0.25, 0.3) is 0 Å². The number of benzene rings is 1. The van der Waals surface area contributed by atoms with Crippen molar-refractivity contribution in [3.05, 3.63) is 29.8 Å². The van der Waals surface area contributed by atoms with Crippen LogP contribution in [0, 0.1) is 0 Å². The molecule has 5 N–H and O–H groups in total. The highest BCUT2D eigenvalue weighted by Crippen LogP contribution is 2.22. The number of rotatable bonds is 8. The molecule has 1 saturated heterocycles. The fourth-order valence-electron chi connectivity index (χ4n) is 2.72. The summed E-state index contributed by atoms with van der Waals surface area (Å²) in [6.07, 6.45) is 1.28. The van der Waals surface area contributed by atoms with Gasteiger partial charge in [-0.25, -0.2) is 4.79 Å². The summed E-state index contributed by atoms with van der Waals surface area (Å²) in [4.78, 5) is 37.4. The zero-order valence-electron chi connectivity index (χ0n) is 15.7. The molecular weight excluding hydrogens is 366 g/mol. The first-order valence-corrected chi connectivity index (χ1v) is 9.05. The van der Waals surface area contributed by atoms with Crippen LogP contribution in [0.4, 0.5) is 10.5 Å². The number of urea groups is 1. The average Bonchev–Trinajstić information content (AvgIpc) is 3.06. The summed E-state index contributed by atoms with van der Waals surface area (Å²) in [5.41, 5.74) is 6.71. The minimum Gasteiger partial charge on any atom is -0.466 e. The number of hydrogen-bond donors (Lipinski definition) is 4. The van der Waals surface area contributed by atoms with Gasteiger partial charge in [-0.3, -0.25) is 9.59 Å². The third-order valence-corrected chi connectivity index (χ3v) is 4.18. The van der Waals surface area contributed by atoms with Gasteiger partial charge >= 0.3 is 12.0 Å². The summed E-state index contributed by atoms with van der Waals surface area (Å²) in [5, 5.41) is 16.8. The molecule has 0 aliphatic carbocycles. The molecular formula is C18H25N5O5. The molecule has 0 bridgehead atoms. The molecule has 3 amide bonds. The van der Waals surface area contributed by atoms with Gasteiger partial charge in [-0.2, -0.15) is 0 Å². The zero-order chi connectivity index (χ0) is 20.5. The van der Waals surface area contributed by atoms with Crippen LogP contribution in [0.3, 0.4) is 0 Å². The number of hydrogen-bond acceptors (Lipinski definition) is 6. The van der Waals surface area contributed by atoms with E-state index >= 15 is 0 Å². The Bertz CT molecular complexity index is 734. The van der Waals surface area contributed by atoms with E-state index in [1.54, 1.807) is 29.2 Å². The molecule has 1 aliphatic heterocycles. The molecule has 10 nitrogen and oxygen atoms in total. The van der Waals surface area contributed by atoms with Crippen molar-refractivity contribution in [1.82, 2.24) is 10.6 Å². The van der Waals surface area contributed by atoms with E-state index in [-0.39, 0.29) is 30.7 Å². The van der Waals surface area contributed by atoms with E-state index in [4.69, 9.17) is 15.7 Å². The normalized spacial score (nSPS) is 16.8. The number of oxime groups is 1. The first-order chi connectivity index (χ1) is 13.5. The molecule has 10 heteroatoms. The van der Waals surface area contributed by atoms with Crippen LogP contribution in [0.1, 0.15) is 31.7 Å². The summed E-state index contributed by atoms with van der Waals surface area (Å²) >= 11 is 0. The van der Waals surface area contributed by atoms with Gasteiger partial charge in [-0.15, -0.1) is 0 Å². The zero-order valence-corrected chi connectivity index (χ0v) is 15.7. The highest BCUT2D eigenvalue weighted by Gasteiger charge is 2.33. The van der Waals surface area contributed by atoms with Crippen molar-refractivity contribution in [3.8, 4) is 0 Å². The Balaban J connectivity index is 1.81. The number of amidine groups is 1. The first-order valence-electron chi connectivity index (χ1n) is 9.05. The molecule has 1 aliphatic rings. The predicted octanol–water partition coefficient (Wildman–Crippen LogP) is 0.529. The molecule has 28 heavy (non-hydrogen) atoms. The number of ether oxygens (including phenoxy) is 1. The monoisotopic (exact) mass is 391 g/mol. The Morgan fingerprint density at radius 1 is 1.36 bits per heavy atom. The van der Waals surface area contributed by atoms with Crippen molar-refractivity contribution in [3.63, 3.8) is 0 Å². The van der Waals surface area contributed by atoms with Crippen LogP contribution in [0.2, 0.25) is 0 Å². The van der Waals surface area contributed by atoms with Gasteiger partial charge in [0.05, 0.1) is 13.0 Å². The largest absolute Gasteiger partial charge is 0.466 e. The smallest absolute Gasteiger partial charge is 0.315 e. The van der Waals surface area contributed by atoms with E-state index in [2.05, 4.69) is 15.8 Å². The van der Waals surface area contributed by atoms with Gasteiger partial charge in [0.1, 0.15) is 6.04 Å². The molecule has 1 fully saturated rings. The summed E-state index contributed by atoms with van der Waals surface area (Å²) in [6.45, 7) is 2.84. The van der Waals surface area contributed by atoms with E-state index < -0.39 is 12.1 Å². The van der Waals surface area contributed by atoms with Crippen LogP contribution >= 0.6 is 0 Å². The van der Waals surface area contributed by atoms with Gasteiger partial charge in [-0.1, -0.05) is 12.1 Å². The van der Waals surface area contributed by atoms with Crippen molar-refractivity contribution in [1.29, 1.82) is 0 Å². The third-order valence-electron chi connectivity index (χ3n) is 4.18. The second-order valence-electron chi connectivity index (χ2n) is 6.23. The first kappa shape index (κ1) is 21.0. The fourth-order valence-corrected chi connectivity index (χ4v) is 2.72. The molecule has 1 heterocycles. The van der Waals surface area contributed by atoms with Gasteiger partial charge in [0, 0.05) is 24.3 Å². The van der Waals surface area contributed by atoms with E-state index in [1.807, 2.05) is 6.92 Å². The van der Waals surface area contributed by atoms with E-state index in [0.29, 0.717) is 30.8 Å². The second kappa shape index (κ2) is 10.1. The van der Waals surface area contributed by atoms with Crippen LogP contribution in [0.5, 0.6) is 0 Å². The van der Waals surface area contributed by atoms with E-state index in [0.717, 1.165) is 6.42 Å². The number of carbonyl (C=O) groups is 3. The molecule has 0 radical (unpaired) electrons. The minimum absolute atomic E-state index is 0.0194. The molecule has 0 unspecified atom stereocenters. The lowest BCUT2D eigenvalue weighted by molar-refractivity contribution is -0.143. The van der Waals surface area contributed by atoms with Crippen LogP contribution in [0.15, 0.2) is 29.4 Å². The maximum Gasteiger partial charge on any atom is 0.315 e. The molecule has 1 atom stereocenters. The quantitative estimate of drug-likeness (QED) is 0.167. The molecule has 1 aromatic rings. The van der Waals surface area contributed by atoms with Crippen LogP contribution in [-0.4, -0.2) is 54.7 Å². The lowest BCUT2D eigenvalue weighted by Gasteiger charge is -2.17. The maximum absolute atomic E-state index is 12.5. The fraction of sp³-hybridized carbons (Fsp3) is 0.444. The topological polar surface area (TPSA) is 146 Å². The highest BCUT2D eigenvalue weighted by molar-refractivity contribution is 6.02. The molecule has 0 saturated carbocycles. The van der Waals surface area contributed by atoms with Crippen LogP contribution < -0.4 is 21.3 Å².